The maximum atomic E-state index is 11.3. The van der Waals surface area contributed by atoms with Crippen LogP contribution in [0.5, 0.6) is 0 Å². The number of hydrogen-bond acceptors (Lipinski definition) is 4. The molecule has 0 aromatic rings. The second kappa shape index (κ2) is 8.60. The molecule has 3 N–H and O–H groups in total. The van der Waals surface area contributed by atoms with Gasteiger partial charge in [0.05, 0.1) is 0 Å². The van der Waals surface area contributed by atoms with E-state index in [0.29, 0.717) is 25.9 Å². The molecule has 0 aromatic carbocycles. The van der Waals surface area contributed by atoms with Gasteiger partial charge in [0, 0.05) is 39.2 Å². The number of aldehydes is 1. The van der Waals surface area contributed by atoms with Crippen molar-refractivity contribution in [1.29, 1.82) is 0 Å². The van der Waals surface area contributed by atoms with E-state index in [4.69, 9.17) is 5.73 Å². The Morgan fingerprint density at radius 2 is 2.12 bits per heavy atom. The summed E-state index contributed by atoms with van der Waals surface area (Å²) in [6, 6.07) is 0. The third kappa shape index (κ3) is 6.72. The molecule has 0 bridgehead atoms. The molecule has 90 valence electrons. The summed E-state index contributed by atoms with van der Waals surface area (Å²) in [6.45, 7) is 1.13. The number of amides is 2. The third-order valence-corrected chi connectivity index (χ3v) is 1.83. The van der Waals surface area contributed by atoms with E-state index in [9.17, 15) is 14.4 Å². The first-order valence-electron chi connectivity index (χ1n) is 4.95. The van der Waals surface area contributed by atoms with Crippen LogP contribution in [0.3, 0.4) is 0 Å². The topological polar surface area (TPSA) is 92.5 Å². The summed E-state index contributed by atoms with van der Waals surface area (Å²) in [5.41, 5.74) is 5.21. The van der Waals surface area contributed by atoms with E-state index in [1.807, 2.05) is 0 Å². The van der Waals surface area contributed by atoms with Crippen molar-refractivity contribution < 1.29 is 14.4 Å². The van der Waals surface area contributed by atoms with Gasteiger partial charge in [0.2, 0.25) is 11.8 Å². The fourth-order valence-corrected chi connectivity index (χ4v) is 0.928. The highest BCUT2D eigenvalue weighted by Crippen LogP contribution is 1.90. The van der Waals surface area contributed by atoms with Gasteiger partial charge in [-0.2, -0.15) is 0 Å². The minimum absolute atomic E-state index is 0.149. The second-order valence-corrected chi connectivity index (χ2v) is 3.14. The summed E-state index contributed by atoms with van der Waals surface area (Å²) < 4.78 is 0. The SMILES string of the molecule is CN(CCC(=O)NCCN)C(=O)/C=C\C=O. The zero-order valence-corrected chi connectivity index (χ0v) is 9.31. The van der Waals surface area contributed by atoms with Crippen LogP contribution in [0.2, 0.25) is 0 Å². The summed E-state index contributed by atoms with van der Waals surface area (Å²) in [5.74, 6) is -0.455. The second-order valence-electron chi connectivity index (χ2n) is 3.14. The van der Waals surface area contributed by atoms with Crippen molar-refractivity contribution in [3.05, 3.63) is 12.2 Å². The molecule has 0 aliphatic heterocycles. The van der Waals surface area contributed by atoms with Crippen LogP contribution < -0.4 is 11.1 Å². The number of hydrogen-bond donors (Lipinski definition) is 2. The van der Waals surface area contributed by atoms with Gasteiger partial charge >= 0.3 is 0 Å². The number of nitrogens with two attached hydrogens (primary N) is 1. The fraction of sp³-hybridized carbons (Fsp3) is 0.500. The van der Waals surface area contributed by atoms with E-state index >= 15 is 0 Å². The summed E-state index contributed by atoms with van der Waals surface area (Å²) in [5, 5.41) is 2.59. The normalized spacial score (nSPS) is 10.1. The lowest BCUT2D eigenvalue weighted by Gasteiger charge is -2.14. The minimum Gasteiger partial charge on any atom is -0.355 e. The molecule has 2 amide bonds. The van der Waals surface area contributed by atoms with Gasteiger partial charge < -0.3 is 16.0 Å². The number of carbonyl (C=O) groups is 3. The Kier molecular flexibility index (Phi) is 7.70. The van der Waals surface area contributed by atoms with E-state index in [1.54, 1.807) is 7.05 Å². The molecule has 6 heteroatoms. The molecule has 0 saturated heterocycles. The molecular formula is C10H17N3O3. The van der Waals surface area contributed by atoms with Gasteiger partial charge in [-0.15, -0.1) is 0 Å². The van der Waals surface area contributed by atoms with Crippen LogP contribution in [0, 0.1) is 0 Å². The average molecular weight is 227 g/mol. The first-order chi connectivity index (χ1) is 7.61. The molecule has 0 radical (unpaired) electrons. The Morgan fingerprint density at radius 3 is 2.69 bits per heavy atom. The lowest BCUT2D eigenvalue weighted by Crippen LogP contribution is -2.33. The van der Waals surface area contributed by atoms with Gasteiger partial charge in [0.15, 0.2) is 0 Å². The molecule has 6 nitrogen and oxygen atoms in total. The molecule has 0 spiro atoms. The highest BCUT2D eigenvalue weighted by Gasteiger charge is 2.07. The van der Waals surface area contributed by atoms with Crippen molar-refractivity contribution in [1.82, 2.24) is 10.2 Å². The van der Waals surface area contributed by atoms with Gasteiger partial charge in [-0.25, -0.2) is 0 Å². The summed E-state index contributed by atoms with van der Waals surface area (Å²) >= 11 is 0. The van der Waals surface area contributed by atoms with Crippen molar-refractivity contribution in [2.45, 2.75) is 6.42 Å². The van der Waals surface area contributed by atoms with Crippen LogP contribution in [-0.2, 0) is 14.4 Å². The largest absolute Gasteiger partial charge is 0.355 e. The van der Waals surface area contributed by atoms with Crippen molar-refractivity contribution in [2.75, 3.05) is 26.7 Å². The van der Waals surface area contributed by atoms with Crippen LogP contribution in [0.25, 0.3) is 0 Å². The van der Waals surface area contributed by atoms with Crippen LogP contribution >= 0.6 is 0 Å². The first-order valence-corrected chi connectivity index (χ1v) is 4.95. The number of carbonyl (C=O) groups excluding carboxylic acids is 3. The van der Waals surface area contributed by atoms with Crippen LogP contribution in [0.4, 0.5) is 0 Å². The number of nitrogens with one attached hydrogen (secondary N) is 1. The van der Waals surface area contributed by atoms with Crippen LogP contribution in [0.15, 0.2) is 12.2 Å². The van der Waals surface area contributed by atoms with Crippen molar-refractivity contribution in [3.63, 3.8) is 0 Å². The van der Waals surface area contributed by atoms with Crippen molar-refractivity contribution in [3.8, 4) is 0 Å². The van der Waals surface area contributed by atoms with Crippen LogP contribution in [-0.4, -0.2) is 49.7 Å². The van der Waals surface area contributed by atoms with E-state index in [2.05, 4.69) is 5.32 Å². The zero-order valence-electron chi connectivity index (χ0n) is 9.31. The maximum absolute atomic E-state index is 11.3. The third-order valence-electron chi connectivity index (χ3n) is 1.83. The smallest absolute Gasteiger partial charge is 0.246 e. The molecule has 16 heavy (non-hydrogen) atoms. The minimum atomic E-state index is -0.307. The number of rotatable bonds is 7. The van der Waals surface area contributed by atoms with Gasteiger partial charge in [-0.1, -0.05) is 0 Å². The van der Waals surface area contributed by atoms with Gasteiger partial charge in [0.1, 0.15) is 6.29 Å². The van der Waals surface area contributed by atoms with Gasteiger partial charge in [-0.3, -0.25) is 14.4 Å². The summed E-state index contributed by atoms with van der Waals surface area (Å²) in [6.07, 6.45) is 3.02. The lowest BCUT2D eigenvalue weighted by atomic mass is 10.3. The maximum Gasteiger partial charge on any atom is 0.246 e. The van der Waals surface area contributed by atoms with Gasteiger partial charge in [0.25, 0.3) is 0 Å². The molecule has 0 atom stereocenters. The Labute approximate surface area is 94.5 Å². The molecule has 0 saturated carbocycles. The standard InChI is InChI=1S/C10H17N3O3/c1-13(10(16)3-2-8-14)7-4-9(15)12-6-5-11/h2-3,8H,4-7,11H2,1H3,(H,12,15)/b3-2-. The lowest BCUT2D eigenvalue weighted by molar-refractivity contribution is -0.126. The van der Waals surface area contributed by atoms with Crippen LogP contribution in [0.1, 0.15) is 6.42 Å². The average Bonchev–Trinajstić information content (AvgIpc) is 2.30. The Hall–Kier alpha value is -1.69. The Balaban J connectivity index is 3.83. The molecule has 0 aliphatic rings. The molecule has 0 unspecified atom stereocenters. The quantitative estimate of drug-likeness (QED) is 0.416. The summed E-state index contributed by atoms with van der Waals surface area (Å²) in [4.78, 5) is 33.8. The fourth-order valence-electron chi connectivity index (χ4n) is 0.928. The highest BCUT2D eigenvalue weighted by molar-refractivity contribution is 5.91. The molecule has 0 rings (SSSR count). The zero-order chi connectivity index (χ0) is 12.4. The highest BCUT2D eigenvalue weighted by atomic mass is 16.2. The monoisotopic (exact) mass is 227 g/mol. The molecule has 0 fully saturated rings. The molecule has 0 heterocycles. The molecular weight excluding hydrogens is 210 g/mol. The predicted octanol–water partition coefficient (Wildman–Crippen LogP) is -1.34. The molecule has 0 aliphatic carbocycles. The number of likely N-dealkylation sites (N-methyl/N-ethyl adjacent to an activating group) is 1. The van der Waals surface area contributed by atoms with Crippen molar-refractivity contribution in [2.24, 2.45) is 5.73 Å². The van der Waals surface area contributed by atoms with E-state index in [0.717, 1.165) is 12.2 Å². The van der Waals surface area contributed by atoms with E-state index < -0.39 is 0 Å². The van der Waals surface area contributed by atoms with Crippen molar-refractivity contribution >= 4 is 18.1 Å². The predicted molar refractivity (Wildman–Crippen MR) is 59.5 cm³/mol. The Morgan fingerprint density at radius 1 is 1.44 bits per heavy atom. The van der Waals surface area contributed by atoms with Gasteiger partial charge in [-0.05, 0) is 6.08 Å². The van der Waals surface area contributed by atoms with E-state index in [1.165, 1.54) is 4.90 Å². The number of nitrogens with zero attached hydrogens (tertiary/aromatic N) is 1. The summed E-state index contributed by atoms with van der Waals surface area (Å²) in [7, 11) is 1.56. The Bertz CT molecular complexity index is 276. The number of allylic oxidation sites excluding steroid dienone is 1. The first kappa shape index (κ1) is 14.3. The van der Waals surface area contributed by atoms with E-state index in [-0.39, 0.29) is 18.2 Å². The molecule has 0 aromatic heterocycles.